The van der Waals surface area contributed by atoms with Gasteiger partial charge in [-0.05, 0) is 30.7 Å². The number of hydrogen-bond donors (Lipinski definition) is 1. The van der Waals surface area contributed by atoms with Crippen LogP contribution in [0.5, 0.6) is 0 Å². The zero-order chi connectivity index (χ0) is 17.9. The van der Waals surface area contributed by atoms with E-state index >= 15 is 0 Å². The van der Waals surface area contributed by atoms with E-state index in [2.05, 4.69) is 5.32 Å². The summed E-state index contributed by atoms with van der Waals surface area (Å²) in [6.07, 6.45) is 5.00. The summed E-state index contributed by atoms with van der Waals surface area (Å²) in [6.45, 7) is 7.36. The van der Waals surface area contributed by atoms with Crippen LogP contribution in [0.2, 0.25) is 0 Å². The third kappa shape index (κ3) is 4.69. The highest BCUT2D eigenvalue weighted by atomic mass is 16.2. The average molecular weight is 333 g/mol. The number of piperidine rings is 1. The number of carbonyl (C=O) groups is 2. The maximum absolute atomic E-state index is 12.6. The number of nitrogens with one attached hydrogen (secondary N) is 1. The first kappa shape index (κ1) is 18.2. The molecule has 0 bridgehead atoms. The van der Waals surface area contributed by atoms with Gasteiger partial charge < -0.3 is 14.8 Å². The molecule has 24 heavy (non-hydrogen) atoms. The highest BCUT2D eigenvalue weighted by Gasteiger charge is 2.21. The number of pyridine rings is 1. The van der Waals surface area contributed by atoms with E-state index in [4.69, 9.17) is 0 Å². The third-order valence-electron chi connectivity index (χ3n) is 4.04. The number of likely N-dealkylation sites (tertiary alicyclic amines) is 1. The Kier molecular flexibility index (Phi) is 5.47. The molecule has 1 saturated heterocycles. The Balaban J connectivity index is 2.23. The number of rotatable bonds is 3. The van der Waals surface area contributed by atoms with Gasteiger partial charge in [-0.3, -0.25) is 14.4 Å². The lowest BCUT2D eigenvalue weighted by molar-refractivity contribution is -0.117. The van der Waals surface area contributed by atoms with Gasteiger partial charge in [-0.25, -0.2) is 0 Å². The van der Waals surface area contributed by atoms with Crippen LogP contribution >= 0.6 is 0 Å². The molecule has 0 radical (unpaired) electrons. The molecule has 2 amide bonds. The summed E-state index contributed by atoms with van der Waals surface area (Å²) in [5, 5.41) is 2.66. The molecule has 6 nitrogen and oxygen atoms in total. The number of nitrogens with zero attached hydrogens (tertiary/aromatic N) is 2. The molecule has 1 fully saturated rings. The van der Waals surface area contributed by atoms with Crippen molar-refractivity contribution < 1.29 is 9.59 Å². The summed E-state index contributed by atoms with van der Waals surface area (Å²) in [4.78, 5) is 38.8. The van der Waals surface area contributed by atoms with Crippen molar-refractivity contribution in [2.75, 3.05) is 18.4 Å². The van der Waals surface area contributed by atoms with Crippen molar-refractivity contribution in [1.29, 1.82) is 0 Å². The Morgan fingerprint density at radius 3 is 2.38 bits per heavy atom. The summed E-state index contributed by atoms with van der Waals surface area (Å²) in [7, 11) is 1.59. The van der Waals surface area contributed by atoms with Crippen LogP contribution in [-0.4, -0.2) is 34.4 Å². The summed E-state index contributed by atoms with van der Waals surface area (Å²) in [6, 6.07) is 1.50. The molecule has 0 aromatic carbocycles. The number of aromatic nitrogens is 1. The van der Waals surface area contributed by atoms with Crippen LogP contribution in [0, 0.1) is 5.41 Å². The normalized spacial score (nSPS) is 15.2. The summed E-state index contributed by atoms with van der Waals surface area (Å²) in [5.41, 5.74) is 0.114. The van der Waals surface area contributed by atoms with Gasteiger partial charge in [-0.2, -0.15) is 0 Å². The standard InChI is InChI=1S/C18H27N3O3/c1-18(2,3)11-15(22)19-14-10-13(12-20(4)17(14)24)16(23)21-8-6-5-7-9-21/h10,12H,5-9,11H2,1-4H3,(H,19,22). The van der Waals surface area contributed by atoms with Crippen LogP contribution in [0.4, 0.5) is 5.69 Å². The maximum atomic E-state index is 12.6. The first-order valence-electron chi connectivity index (χ1n) is 8.47. The molecule has 132 valence electrons. The lowest BCUT2D eigenvalue weighted by Crippen LogP contribution is -2.36. The molecule has 6 heteroatoms. The SMILES string of the molecule is Cn1cc(C(=O)N2CCCCC2)cc(NC(=O)CC(C)(C)C)c1=O. The quantitative estimate of drug-likeness (QED) is 0.923. The zero-order valence-corrected chi connectivity index (χ0v) is 15.0. The fourth-order valence-electron chi connectivity index (χ4n) is 2.87. The minimum absolute atomic E-state index is 0.0865. The van der Waals surface area contributed by atoms with Crippen LogP contribution in [0.25, 0.3) is 0 Å². The largest absolute Gasteiger partial charge is 0.339 e. The van der Waals surface area contributed by atoms with Crippen molar-refractivity contribution in [3.8, 4) is 0 Å². The van der Waals surface area contributed by atoms with E-state index in [1.807, 2.05) is 25.7 Å². The third-order valence-corrected chi connectivity index (χ3v) is 4.04. The van der Waals surface area contributed by atoms with Gasteiger partial charge in [0.1, 0.15) is 5.69 Å². The minimum Gasteiger partial charge on any atom is -0.339 e. The van der Waals surface area contributed by atoms with E-state index in [0.717, 1.165) is 32.4 Å². The van der Waals surface area contributed by atoms with Gasteiger partial charge in [0.25, 0.3) is 11.5 Å². The predicted molar refractivity (Wildman–Crippen MR) is 94.1 cm³/mol. The lowest BCUT2D eigenvalue weighted by Gasteiger charge is -2.27. The first-order valence-corrected chi connectivity index (χ1v) is 8.47. The number of anilines is 1. The van der Waals surface area contributed by atoms with Crippen molar-refractivity contribution in [2.24, 2.45) is 12.5 Å². The molecule has 2 heterocycles. The van der Waals surface area contributed by atoms with Crippen LogP contribution in [-0.2, 0) is 11.8 Å². The molecule has 0 saturated carbocycles. The molecule has 1 aliphatic rings. The van der Waals surface area contributed by atoms with Gasteiger partial charge in [-0.15, -0.1) is 0 Å². The second-order valence-corrected chi connectivity index (χ2v) is 7.70. The minimum atomic E-state index is -0.313. The molecular formula is C18H27N3O3. The molecule has 0 unspecified atom stereocenters. The molecule has 2 rings (SSSR count). The molecule has 1 aromatic rings. The number of amides is 2. The zero-order valence-electron chi connectivity index (χ0n) is 15.0. The highest BCUT2D eigenvalue weighted by Crippen LogP contribution is 2.19. The molecule has 1 aromatic heterocycles. The van der Waals surface area contributed by atoms with Crippen molar-refractivity contribution in [3.05, 3.63) is 28.2 Å². The predicted octanol–water partition coefficient (Wildman–Crippen LogP) is 2.39. The van der Waals surface area contributed by atoms with E-state index in [9.17, 15) is 14.4 Å². The summed E-state index contributed by atoms with van der Waals surface area (Å²) < 4.78 is 1.35. The van der Waals surface area contributed by atoms with Crippen molar-refractivity contribution in [2.45, 2.75) is 46.5 Å². The lowest BCUT2D eigenvalue weighted by atomic mass is 9.92. The van der Waals surface area contributed by atoms with Gasteiger partial charge in [0, 0.05) is 32.8 Å². The maximum Gasteiger partial charge on any atom is 0.274 e. The molecule has 0 aliphatic carbocycles. The second-order valence-electron chi connectivity index (χ2n) is 7.70. The van der Waals surface area contributed by atoms with E-state index in [0.29, 0.717) is 12.0 Å². The van der Waals surface area contributed by atoms with E-state index < -0.39 is 0 Å². The molecule has 0 spiro atoms. The summed E-state index contributed by atoms with van der Waals surface area (Å²) >= 11 is 0. The monoisotopic (exact) mass is 333 g/mol. The van der Waals surface area contributed by atoms with E-state index in [1.54, 1.807) is 13.2 Å². The Bertz CT molecular complexity index is 680. The molecular weight excluding hydrogens is 306 g/mol. The van der Waals surface area contributed by atoms with Gasteiger partial charge in [0.15, 0.2) is 0 Å². The van der Waals surface area contributed by atoms with Crippen molar-refractivity contribution >= 4 is 17.5 Å². The highest BCUT2D eigenvalue weighted by molar-refractivity contribution is 5.97. The Hall–Kier alpha value is -2.11. The van der Waals surface area contributed by atoms with E-state index in [-0.39, 0.29) is 28.5 Å². The Labute approximate surface area is 142 Å². The molecule has 1 N–H and O–H groups in total. The van der Waals surface area contributed by atoms with Gasteiger partial charge in [-0.1, -0.05) is 20.8 Å². The summed E-state index contributed by atoms with van der Waals surface area (Å²) in [5.74, 6) is -0.307. The molecule has 0 atom stereocenters. The van der Waals surface area contributed by atoms with Crippen LogP contribution < -0.4 is 10.9 Å². The van der Waals surface area contributed by atoms with Gasteiger partial charge in [0.2, 0.25) is 5.91 Å². The van der Waals surface area contributed by atoms with Crippen molar-refractivity contribution in [1.82, 2.24) is 9.47 Å². The smallest absolute Gasteiger partial charge is 0.274 e. The van der Waals surface area contributed by atoms with Crippen LogP contribution in [0.15, 0.2) is 17.1 Å². The first-order chi connectivity index (χ1) is 11.2. The fraction of sp³-hybridized carbons (Fsp3) is 0.611. The average Bonchev–Trinajstić information content (AvgIpc) is 2.50. The Morgan fingerprint density at radius 2 is 1.79 bits per heavy atom. The number of hydrogen-bond acceptors (Lipinski definition) is 3. The van der Waals surface area contributed by atoms with Gasteiger partial charge in [0.05, 0.1) is 5.56 Å². The number of carbonyl (C=O) groups excluding carboxylic acids is 2. The van der Waals surface area contributed by atoms with Crippen LogP contribution in [0.3, 0.4) is 0 Å². The topological polar surface area (TPSA) is 71.4 Å². The fourth-order valence-corrected chi connectivity index (χ4v) is 2.87. The second kappa shape index (κ2) is 7.20. The Morgan fingerprint density at radius 1 is 1.17 bits per heavy atom. The van der Waals surface area contributed by atoms with Gasteiger partial charge >= 0.3 is 0 Å². The molecule has 1 aliphatic heterocycles. The van der Waals surface area contributed by atoms with Crippen molar-refractivity contribution in [3.63, 3.8) is 0 Å². The van der Waals surface area contributed by atoms with E-state index in [1.165, 1.54) is 10.6 Å². The van der Waals surface area contributed by atoms with Crippen LogP contribution in [0.1, 0.15) is 56.8 Å². The number of aryl methyl sites for hydroxylation is 1.